The van der Waals surface area contributed by atoms with E-state index in [1.165, 1.54) is 0 Å². The number of anilines is 1. The Hall–Kier alpha value is -2.37. The first-order chi connectivity index (χ1) is 11.7. The number of aromatic nitrogens is 2. The Bertz CT molecular complexity index is 880. The van der Waals surface area contributed by atoms with Crippen LogP contribution in [0.25, 0.3) is 22.3 Å². The molecule has 1 saturated heterocycles. The first-order valence-electron chi connectivity index (χ1n) is 7.85. The summed E-state index contributed by atoms with van der Waals surface area (Å²) in [6.07, 6.45) is 0. The molecule has 0 amide bonds. The minimum atomic E-state index is 0.471. The Labute approximate surface area is 144 Å². The summed E-state index contributed by atoms with van der Waals surface area (Å²) in [7, 11) is 0. The molecule has 0 radical (unpaired) electrons. The van der Waals surface area contributed by atoms with E-state index in [0.29, 0.717) is 53.9 Å². The summed E-state index contributed by atoms with van der Waals surface area (Å²) in [5.74, 6) is 0.689. The number of ether oxygens (including phenoxy) is 1. The summed E-state index contributed by atoms with van der Waals surface area (Å²) in [6.45, 7) is 2.69. The van der Waals surface area contributed by atoms with Gasteiger partial charge >= 0.3 is 0 Å². The highest BCUT2D eigenvalue weighted by atomic mass is 35.5. The van der Waals surface area contributed by atoms with Gasteiger partial charge in [0.2, 0.25) is 11.3 Å². The van der Waals surface area contributed by atoms with Crippen molar-refractivity contribution in [2.75, 3.05) is 31.2 Å². The fourth-order valence-electron chi connectivity index (χ4n) is 2.97. The van der Waals surface area contributed by atoms with Crippen LogP contribution in [0.1, 0.15) is 0 Å². The van der Waals surface area contributed by atoms with E-state index in [0.717, 1.165) is 10.3 Å². The van der Waals surface area contributed by atoms with Crippen LogP contribution in [0.15, 0.2) is 48.5 Å². The summed E-state index contributed by atoms with van der Waals surface area (Å²) in [5.41, 5.74) is 2.49. The zero-order valence-corrected chi connectivity index (χ0v) is 13.7. The molecular formula is C18H16ClN3O2. The molecule has 0 aliphatic carbocycles. The molecule has 4 rings (SSSR count). The highest BCUT2D eigenvalue weighted by Gasteiger charge is 2.26. The Kier molecular flexibility index (Phi) is 3.96. The molecule has 1 aliphatic rings. The zero-order chi connectivity index (χ0) is 16.5. The fraction of sp³-hybridized carbons (Fsp3) is 0.222. The van der Waals surface area contributed by atoms with E-state index in [4.69, 9.17) is 21.3 Å². The van der Waals surface area contributed by atoms with Gasteiger partial charge in [0.15, 0.2) is 0 Å². The maximum atomic E-state index is 13.1. The van der Waals surface area contributed by atoms with E-state index < -0.39 is 0 Å². The number of nitrogens with zero attached hydrogens (tertiary/aromatic N) is 3. The second-order valence-corrected chi connectivity index (χ2v) is 6.11. The highest BCUT2D eigenvalue weighted by Crippen LogP contribution is 2.29. The zero-order valence-electron chi connectivity index (χ0n) is 13.0. The van der Waals surface area contributed by atoms with Gasteiger partial charge in [-0.1, -0.05) is 29.8 Å². The van der Waals surface area contributed by atoms with Crippen LogP contribution in [-0.2, 0) is 4.74 Å². The number of halogens is 1. The van der Waals surface area contributed by atoms with Crippen LogP contribution in [-0.4, -0.2) is 31.3 Å². The lowest BCUT2D eigenvalue weighted by molar-refractivity contribution is -0.564. The van der Waals surface area contributed by atoms with Crippen molar-refractivity contribution in [2.24, 2.45) is 0 Å². The third kappa shape index (κ3) is 2.66. The van der Waals surface area contributed by atoms with Gasteiger partial charge < -0.3 is 14.8 Å². The lowest BCUT2D eigenvalue weighted by Gasteiger charge is -2.28. The Morgan fingerprint density at radius 3 is 2.58 bits per heavy atom. The molecule has 2 heterocycles. The largest absolute Gasteiger partial charge is 0.618 e. The van der Waals surface area contributed by atoms with E-state index >= 15 is 0 Å². The van der Waals surface area contributed by atoms with E-state index in [9.17, 15) is 5.21 Å². The third-order valence-electron chi connectivity index (χ3n) is 4.16. The average Bonchev–Trinajstić information content (AvgIpc) is 2.63. The molecule has 1 aromatic heterocycles. The monoisotopic (exact) mass is 341 g/mol. The van der Waals surface area contributed by atoms with Crippen molar-refractivity contribution in [3.05, 3.63) is 58.8 Å². The number of benzene rings is 2. The minimum absolute atomic E-state index is 0.471. The lowest BCUT2D eigenvalue weighted by Crippen LogP contribution is -2.40. The molecule has 5 nitrogen and oxygen atoms in total. The molecule has 6 heteroatoms. The van der Waals surface area contributed by atoms with Gasteiger partial charge in [0, 0.05) is 24.2 Å². The summed E-state index contributed by atoms with van der Waals surface area (Å²) in [4.78, 5) is 6.87. The molecule has 0 saturated carbocycles. The fourth-order valence-corrected chi connectivity index (χ4v) is 3.14. The van der Waals surface area contributed by atoms with Crippen LogP contribution >= 0.6 is 11.6 Å². The Morgan fingerprint density at radius 2 is 1.83 bits per heavy atom. The number of hydrogen-bond donors (Lipinski definition) is 0. The third-order valence-corrected chi connectivity index (χ3v) is 4.39. The summed E-state index contributed by atoms with van der Waals surface area (Å²) in [5, 5.41) is 13.6. The number of fused-ring (bicyclic) bond motifs is 1. The van der Waals surface area contributed by atoms with Gasteiger partial charge in [-0.15, -0.1) is 0 Å². The van der Waals surface area contributed by atoms with Crippen molar-refractivity contribution in [1.82, 2.24) is 4.98 Å². The van der Waals surface area contributed by atoms with Crippen LogP contribution in [0, 0.1) is 5.21 Å². The molecule has 1 aliphatic heterocycles. The average molecular weight is 342 g/mol. The van der Waals surface area contributed by atoms with E-state index in [1.807, 2.05) is 30.3 Å². The van der Waals surface area contributed by atoms with Gasteiger partial charge in [-0.05, 0) is 24.3 Å². The molecule has 0 N–H and O–H groups in total. The molecule has 3 aromatic rings. The van der Waals surface area contributed by atoms with Crippen LogP contribution in [0.4, 0.5) is 5.82 Å². The number of morpholine rings is 1. The molecule has 0 spiro atoms. The minimum Gasteiger partial charge on any atom is -0.618 e. The van der Waals surface area contributed by atoms with Crippen LogP contribution in [0.2, 0.25) is 5.02 Å². The van der Waals surface area contributed by atoms with Crippen molar-refractivity contribution >= 4 is 28.5 Å². The smallest absolute Gasteiger partial charge is 0.267 e. The molecular weight excluding hydrogens is 326 g/mol. The van der Waals surface area contributed by atoms with Crippen molar-refractivity contribution in [2.45, 2.75) is 0 Å². The number of rotatable bonds is 2. The summed E-state index contributed by atoms with van der Waals surface area (Å²) < 4.78 is 6.37. The second-order valence-electron chi connectivity index (χ2n) is 5.68. The Balaban J connectivity index is 1.99. The van der Waals surface area contributed by atoms with E-state index in [2.05, 4.69) is 4.90 Å². The maximum Gasteiger partial charge on any atom is 0.267 e. The van der Waals surface area contributed by atoms with Crippen LogP contribution < -0.4 is 9.63 Å². The van der Waals surface area contributed by atoms with Crippen molar-refractivity contribution in [3.63, 3.8) is 0 Å². The van der Waals surface area contributed by atoms with Crippen LogP contribution in [0.3, 0.4) is 0 Å². The van der Waals surface area contributed by atoms with Gasteiger partial charge in [0.25, 0.3) is 5.69 Å². The summed E-state index contributed by atoms with van der Waals surface area (Å²) in [6, 6.07) is 14.8. The van der Waals surface area contributed by atoms with E-state index in [1.54, 1.807) is 18.2 Å². The normalized spacial score (nSPS) is 15.0. The van der Waals surface area contributed by atoms with Gasteiger partial charge in [-0.3, -0.25) is 0 Å². The lowest BCUT2D eigenvalue weighted by atomic mass is 10.1. The topological polar surface area (TPSA) is 52.3 Å². The van der Waals surface area contributed by atoms with Crippen molar-refractivity contribution in [3.8, 4) is 11.3 Å². The summed E-state index contributed by atoms with van der Waals surface area (Å²) >= 11 is 6.07. The molecule has 1 fully saturated rings. The standard InChI is InChI=1S/C18H16ClN3O2/c19-14-6-7-15-16(12-14)22(23)17(13-4-2-1-3-5-13)18(20-15)21-8-10-24-11-9-21/h1-7,12H,8-11H2. The van der Waals surface area contributed by atoms with Gasteiger partial charge in [0.1, 0.15) is 5.52 Å². The van der Waals surface area contributed by atoms with Crippen LogP contribution in [0.5, 0.6) is 0 Å². The molecule has 122 valence electrons. The van der Waals surface area contributed by atoms with Gasteiger partial charge in [-0.25, -0.2) is 4.98 Å². The molecule has 0 atom stereocenters. The molecule has 24 heavy (non-hydrogen) atoms. The molecule has 2 aromatic carbocycles. The molecule has 0 unspecified atom stereocenters. The highest BCUT2D eigenvalue weighted by molar-refractivity contribution is 6.31. The van der Waals surface area contributed by atoms with E-state index in [-0.39, 0.29) is 0 Å². The first kappa shape index (κ1) is 15.2. The molecule has 0 bridgehead atoms. The first-order valence-corrected chi connectivity index (χ1v) is 8.23. The Morgan fingerprint density at radius 1 is 1.08 bits per heavy atom. The number of hydrogen-bond acceptors (Lipinski definition) is 4. The second kappa shape index (κ2) is 6.26. The quantitative estimate of drug-likeness (QED) is 0.531. The predicted octanol–water partition coefficient (Wildman–Crippen LogP) is 3.03. The van der Waals surface area contributed by atoms with Crippen molar-refractivity contribution < 1.29 is 9.47 Å². The van der Waals surface area contributed by atoms with Gasteiger partial charge in [-0.2, -0.15) is 4.73 Å². The van der Waals surface area contributed by atoms with Gasteiger partial charge in [0.05, 0.1) is 18.8 Å². The SMILES string of the molecule is [O-][n+]1c(-c2ccccc2)c(N2CCOCC2)nc2ccc(Cl)cc21. The van der Waals surface area contributed by atoms with Crippen molar-refractivity contribution in [1.29, 1.82) is 0 Å². The maximum absolute atomic E-state index is 13.1. The predicted molar refractivity (Wildman–Crippen MR) is 94.2 cm³/mol.